The summed E-state index contributed by atoms with van der Waals surface area (Å²) >= 11 is 1.85. The summed E-state index contributed by atoms with van der Waals surface area (Å²) in [5, 5.41) is 0. The number of benzene rings is 1. The van der Waals surface area contributed by atoms with Gasteiger partial charge in [0.2, 0.25) is 5.99 Å². The Morgan fingerprint density at radius 1 is 1.47 bits per heavy atom. The zero-order valence-corrected chi connectivity index (χ0v) is 10.7. The van der Waals surface area contributed by atoms with Crippen LogP contribution in [0, 0.1) is 12.7 Å². The van der Waals surface area contributed by atoms with Crippen molar-refractivity contribution in [2.45, 2.75) is 33.0 Å². The van der Waals surface area contributed by atoms with E-state index in [9.17, 15) is 4.39 Å². The van der Waals surface area contributed by atoms with Crippen molar-refractivity contribution in [3.8, 4) is 0 Å². The molecule has 0 saturated carbocycles. The molecule has 15 heavy (non-hydrogen) atoms. The highest BCUT2D eigenvalue weighted by atomic mass is 32.2. The summed E-state index contributed by atoms with van der Waals surface area (Å²) in [5.74, 6) is 1.00. The van der Waals surface area contributed by atoms with E-state index in [1.165, 1.54) is 5.46 Å². The minimum atomic E-state index is -0.109. The fourth-order valence-electron chi connectivity index (χ4n) is 1.76. The predicted octanol–water partition coefficient (Wildman–Crippen LogP) is 3.50. The summed E-state index contributed by atoms with van der Waals surface area (Å²) in [6.07, 6.45) is 3.28. The van der Waals surface area contributed by atoms with E-state index in [1.807, 2.05) is 30.7 Å². The fraction of sp³-hybridized carbons (Fsp3) is 0.500. The number of hydrogen-bond donors (Lipinski definition) is 0. The highest BCUT2D eigenvalue weighted by Gasteiger charge is 2.22. The number of aryl methyl sites for hydroxylation is 1. The summed E-state index contributed by atoms with van der Waals surface area (Å²) in [6, 6.07) is 5.47. The van der Waals surface area contributed by atoms with Crippen LogP contribution < -0.4 is 5.46 Å². The Balaban J connectivity index is 2.97. The molecule has 0 spiro atoms. The Morgan fingerprint density at radius 2 is 2.13 bits per heavy atom. The molecule has 0 aliphatic rings. The zero-order valence-electron chi connectivity index (χ0n) is 9.88. The van der Waals surface area contributed by atoms with Crippen LogP contribution >= 0.6 is 11.6 Å². The molecule has 0 aromatic heterocycles. The van der Waals surface area contributed by atoms with Gasteiger partial charge in [-0.05, 0) is 24.8 Å². The molecule has 0 saturated heterocycles. The van der Waals surface area contributed by atoms with Crippen molar-refractivity contribution >= 4 is 23.1 Å². The van der Waals surface area contributed by atoms with Gasteiger partial charge in [0.25, 0.3) is 0 Å². The van der Waals surface area contributed by atoms with Crippen molar-refractivity contribution in [3.63, 3.8) is 0 Å². The van der Waals surface area contributed by atoms with Crippen LogP contribution in [0.5, 0.6) is 0 Å². The molecule has 1 aromatic carbocycles. The topological polar surface area (TPSA) is 0 Å². The third-order valence-corrected chi connectivity index (χ3v) is 4.17. The van der Waals surface area contributed by atoms with Crippen molar-refractivity contribution in [2.24, 2.45) is 0 Å². The smallest absolute Gasteiger partial charge is 0.207 e. The molecule has 1 aromatic rings. The molecule has 0 radical (unpaired) electrons. The Morgan fingerprint density at radius 3 is 2.60 bits per heavy atom. The van der Waals surface area contributed by atoms with Gasteiger partial charge in [-0.1, -0.05) is 43.7 Å². The van der Waals surface area contributed by atoms with E-state index < -0.39 is 0 Å². The van der Waals surface area contributed by atoms with Gasteiger partial charge in [0.15, 0.2) is 0 Å². The lowest BCUT2D eigenvalue weighted by atomic mass is 9.56. The molecule has 1 unspecified atom stereocenters. The number of hydrogen-bond acceptors (Lipinski definition) is 1. The fourth-order valence-corrected chi connectivity index (χ4v) is 2.83. The summed E-state index contributed by atoms with van der Waals surface area (Å²) in [4.78, 5) is 0. The quantitative estimate of drug-likeness (QED) is 0.705. The third kappa shape index (κ3) is 3.01. The highest BCUT2D eigenvalue weighted by Crippen LogP contribution is 2.21. The van der Waals surface area contributed by atoms with E-state index >= 15 is 0 Å². The molecule has 3 heteroatoms. The van der Waals surface area contributed by atoms with Crippen molar-refractivity contribution in [2.75, 3.05) is 6.26 Å². The maximum atomic E-state index is 13.1. The van der Waals surface area contributed by atoms with Crippen LogP contribution in [0.25, 0.3) is 0 Å². The molecule has 0 fully saturated rings. The molecule has 82 valence electrons. The minimum absolute atomic E-state index is 0.109. The first-order chi connectivity index (χ1) is 7.10. The standard InChI is InChI=1S/C12H18BFS/c1-5-10(3)13(15-4)11-6-7-12(14)9(2)8-11/h6-8,10H,5H2,1-4H3. The summed E-state index contributed by atoms with van der Waals surface area (Å²) in [7, 11) is 0. The minimum Gasteiger partial charge on any atom is -0.207 e. The van der Waals surface area contributed by atoms with E-state index in [0.29, 0.717) is 11.8 Å². The lowest BCUT2D eigenvalue weighted by Crippen LogP contribution is -2.30. The van der Waals surface area contributed by atoms with Crippen LogP contribution in [0.1, 0.15) is 25.8 Å². The molecule has 0 nitrogen and oxygen atoms in total. The molecule has 0 aliphatic heterocycles. The number of halogens is 1. The first-order valence-electron chi connectivity index (χ1n) is 5.39. The zero-order chi connectivity index (χ0) is 11.4. The molecule has 0 N–H and O–H groups in total. The lowest BCUT2D eigenvalue weighted by molar-refractivity contribution is 0.619. The van der Waals surface area contributed by atoms with Gasteiger partial charge in [-0.2, -0.15) is 0 Å². The van der Waals surface area contributed by atoms with Crippen LogP contribution in [-0.4, -0.2) is 12.2 Å². The molecule has 1 rings (SSSR count). The average Bonchev–Trinajstić information content (AvgIpc) is 2.24. The van der Waals surface area contributed by atoms with Gasteiger partial charge in [0.1, 0.15) is 5.82 Å². The van der Waals surface area contributed by atoms with Crippen LogP contribution in [0.2, 0.25) is 5.82 Å². The second-order valence-electron chi connectivity index (χ2n) is 4.05. The summed E-state index contributed by atoms with van der Waals surface area (Å²) in [5.41, 5.74) is 1.99. The molecule has 1 atom stereocenters. The van der Waals surface area contributed by atoms with E-state index in [0.717, 1.165) is 12.0 Å². The molecular weight excluding hydrogens is 206 g/mol. The first kappa shape index (κ1) is 12.6. The predicted molar refractivity (Wildman–Crippen MR) is 69.8 cm³/mol. The van der Waals surface area contributed by atoms with Gasteiger partial charge in [-0.15, -0.1) is 0 Å². The molecule has 0 amide bonds. The highest BCUT2D eigenvalue weighted by molar-refractivity contribution is 8.26. The molecule has 0 aliphatic carbocycles. The average molecular weight is 224 g/mol. The van der Waals surface area contributed by atoms with E-state index in [4.69, 9.17) is 0 Å². The van der Waals surface area contributed by atoms with Gasteiger partial charge >= 0.3 is 0 Å². The van der Waals surface area contributed by atoms with Gasteiger partial charge in [-0.25, -0.2) is 16.0 Å². The Labute approximate surface area is 96.6 Å². The third-order valence-electron chi connectivity index (χ3n) is 2.93. The Hall–Kier alpha value is -0.435. The molecule has 0 bridgehead atoms. The normalized spacial score (nSPS) is 12.6. The van der Waals surface area contributed by atoms with E-state index in [1.54, 1.807) is 6.07 Å². The lowest BCUT2D eigenvalue weighted by Gasteiger charge is -2.18. The van der Waals surface area contributed by atoms with Crippen LogP contribution in [0.15, 0.2) is 18.2 Å². The van der Waals surface area contributed by atoms with E-state index in [2.05, 4.69) is 20.1 Å². The maximum absolute atomic E-state index is 13.1. The van der Waals surface area contributed by atoms with Crippen LogP contribution in [0.3, 0.4) is 0 Å². The SMILES string of the molecule is CCC(C)B(SC)c1ccc(F)c(C)c1. The molecule has 0 heterocycles. The largest absolute Gasteiger partial charge is 0.244 e. The molecular formula is C12H18BFS. The van der Waals surface area contributed by atoms with Gasteiger partial charge in [0.05, 0.1) is 0 Å². The van der Waals surface area contributed by atoms with Crippen molar-refractivity contribution in [1.82, 2.24) is 0 Å². The summed E-state index contributed by atoms with van der Waals surface area (Å²) in [6.45, 7) is 6.27. The second kappa shape index (κ2) is 5.59. The van der Waals surface area contributed by atoms with Gasteiger partial charge in [-0.3, -0.25) is 0 Å². The van der Waals surface area contributed by atoms with Crippen molar-refractivity contribution < 1.29 is 4.39 Å². The monoisotopic (exact) mass is 224 g/mol. The first-order valence-corrected chi connectivity index (χ1v) is 6.67. The van der Waals surface area contributed by atoms with Crippen molar-refractivity contribution in [3.05, 3.63) is 29.6 Å². The van der Waals surface area contributed by atoms with Gasteiger partial charge in [0, 0.05) is 0 Å². The summed E-state index contributed by atoms with van der Waals surface area (Å²) < 4.78 is 13.1. The van der Waals surface area contributed by atoms with E-state index in [-0.39, 0.29) is 5.82 Å². The van der Waals surface area contributed by atoms with Crippen molar-refractivity contribution in [1.29, 1.82) is 0 Å². The van der Waals surface area contributed by atoms with Crippen LogP contribution in [0.4, 0.5) is 4.39 Å². The Bertz CT molecular complexity index is 327. The van der Waals surface area contributed by atoms with Gasteiger partial charge < -0.3 is 0 Å². The number of rotatable bonds is 4. The second-order valence-corrected chi connectivity index (χ2v) is 5.03. The van der Waals surface area contributed by atoms with Crippen LogP contribution in [-0.2, 0) is 0 Å². The maximum Gasteiger partial charge on any atom is 0.244 e. The Kier molecular flexibility index (Phi) is 4.71.